The lowest BCUT2D eigenvalue weighted by Crippen LogP contribution is -2.43. The summed E-state index contributed by atoms with van der Waals surface area (Å²) in [6.45, 7) is 2.85. The van der Waals surface area contributed by atoms with Crippen molar-refractivity contribution in [3.8, 4) is 0 Å². The number of halogens is 1. The molecule has 0 radical (unpaired) electrons. The number of quaternary nitrogens is 1. The molecule has 0 aromatic rings. The highest BCUT2D eigenvalue weighted by Gasteiger charge is 2.24. The van der Waals surface area contributed by atoms with Crippen molar-refractivity contribution in [1.29, 1.82) is 0 Å². The number of hydrogen-bond donors (Lipinski definition) is 0. The van der Waals surface area contributed by atoms with Crippen LogP contribution in [0.3, 0.4) is 0 Å². The van der Waals surface area contributed by atoms with Crippen LogP contribution in [-0.2, 0) is 14.3 Å². The first kappa shape index (κ1) is 27.4. The van der Waals surface area contributed by atoms with Gasteiger partial charge < -0.3 is 9.22 Å². The van der Waals surface area contributed by atoms with E-state index in [1.807, 2.05) is 21.1 Å². The molecule has 0 aliphatic heterocycles. The number of carbonyl (C=O) groups is 2. The van der Waals surface area contributed by atoms with E-state index in [0.717, 1.165) is 12.8 Å². The molecule has 0 N–H and O–H groups in total. The Hall–Kier alpha value is -0.610. The summed E-state index contributed by atoms with van der Waals surface area (Å²) < 4.78 is 6.11. The van der Waals surface area contributed by atoms with Crippen molar-refractivity contribution in [2.45, 2.75) is 109 Å². The van der Waals surface area contributed by atoms with Gasteiger partial charge in [0.2, 0.25) is 5.24 Å². The third kappa shape index (κ3) is 20.1. The minimum atomic E-state index is -0.452. The van der Waals surface area contributed by atoms with E-state index in [0.29, 0.717) is 17.4 Å². The summed E-state index contributed by atoms with van der Waals surface area (Å²) in [6, 6.07) is 0. The van der Waals surface area contributed by atoms with Gasteiger partial charge in [-0.25, -0.2) is 0 Å². The van der Waals surface area contributed by atoms with Crippen molar-refractivity contribution in [2.24, 2.45) is 0 Å². The van der Waals surface area contributed by atoms with Gasteiger partial charge in [0.05, 0.1) is 27.6 Å². The first-order valence-corrected chi connectivity index (χ1v) is 11.8. The van der Waals surface area contributed by atoms with Crippen molar-refractivity contribution in [3.63, 3.8) is 0 Å². The van der Waals surface area contributed by atoms with Crippen molar-refractivity contribution in [2.75, 3.05) is 27.7 Å². The minimum Gasteiger partial charge on any atom is -0.456 e. The summed E-state index contributed by atoms with van der Waals surface area (Å²) in [7, 11) is 6.02. The van der Waals surface area contributed by atoms with Gasteiger partial charge in [-0.15, -0.1) is 0 Å². The Morgan fingerprint density at radius 2 is 1.21 bits per heavy atom. The molecule has 0 amide bonds. The molecule has 5 heteroatoms. The highest BCUT2D eigenvalue weighted by atomic mass is 35.5. The molecule has 0 saturated carbocycles. The Labute approximate surface area is 178 Å². The summed E-state index contributed by atoms with van der Waals surface area (Å²) >= 11 is 5.48. The average Bonchev–Trinajstić information content (AvgIpc) is 2.56. The van der Waals surface area contributed by atoms with Gasteiger partial charge in [0, 0.05) is 6.42 Å². The molecule has 28 heavy (non-hydrogen) atoms. The Morgan fingerprint density at radius 3 is 1.61 bits per heavy atom. The molecule has 0 bridgehead atoms. The molecular weight excluding hydrogens is 374 g/mol. The summed E-state index contributed by atoms with van der Waals surface area (Å²) in [5.74, 6) is -0.209. The maximum absolute atomic E-state index is 12.0. The number of nitrogens with zero attached hydrogens (tertiary/aromatic N) is 1. The maximum Gasteiger partial charge on any atom is 0.306 e. The number of unbranched alkanes of at least 4 members (excludes halogenated alkanes) is 12. The fraction of sp³-hybridized carbons (Fsp3) is 0.913. The molecule has 0 fully saturated rings. The largest absolute Gasteiger partial charge is 0.456 e. The second-order valence-electron chi connectivity index (χ2n) is 9.14. The highest BCUT2D eigenvalue weighted by Crippen LogP contribution is 2.14. The summed E-state index contributed by atoms with van der Waals surface area (Å²) in [5.41, 5.74) is 0. The third-order valence-electron chi connectivity index (χ3n) is 4.92. The smallest absolute Gasteiger partial charge is 0.306 e. The van der Waals surface area contributed by atoms with E-state index in [4.69, 9.17) is 16.3 Å². The number of rotatable bonds is 19. The van der Waals surface area contributed by atoms with Gasteiger partial charge in [0.15, 0.2) is 6.10 Å². The van der Waals surface area contributed by atoms with Crippen molar-refractivity contribution in [3.05, 3.63) is 0 Å². The Morgan fingerprint density at radius 1 is 0.786 bits per heavy atom. The van der Waals surface area contributed by atoms with Crippen LogP contribution in [0.15, 0.2) is 0 Å². The molecule has 0 rings (SSSR count). The van der Waals surface area contributed by atoms with Crippen LogP contribution in [-0.4, -0.2) is 49.5 Å². The fourth-order valence-electron chi connectivity index (χ4n) is 3.47. The molecule has 0 aliphatic carbocycles. The highest BCUT2D eigenvalue weighted by molar-refractivity contribution is 6.63. The zero-order valence-electron chi connectivity index (χ0n) is 18.9. The molecule has 0 saturated heterocycles. The average molecular weight is 419 g/mol. The Balaban J connectivity index is 3.63. The van der Waals surface area contributed by atoms with Crippen LogP contribution in [0.25, 0.3) is 0 Å². The molecule has 0 heterocycles. The van der Waals surface area contributed by atoms with Crippen LogP contribution in [0.2, 0.25) is 0 Å². The zero-order valence-corrected chi connectivity index (χ0v) is 19.7. The van der Waals surface area contributed by atoms with Gasteiger partial charge in [-0.3, -0.25) is 9.59 Å². The lowest BCUT2D eigenvalue weighted by molar-refractivity contribution is -0.873. The van der Waals surface area contributed by atoms with Crippen LogP contribution >= 0.6 is 11.6 Å². The van der Waals surface area contributed by atoms with Gasteiger partial charge in [-0.1, -0.05) is 84.0 Å². The number of likely N-dealkylation sites (N-methyl/N-ethyl adjacent to an activating group) is 1. The van der Waals surface area contributed by atoms with Crippen molar-refractivity contribution >= 4 is 22.8 Å². The monoisotopic (exact) mass is 418 g/mol. The lowest BCUT2D eigenvalue weighted by Gasteiger charge is -2.28. The molecule has 1 atom stereocenters. The second kappa shape index (κ2) is 17.3. The molecule has 0 unspecified atom stereocenters. The lowest BCUT2D eigenvalue weighted by atomic mass is 10.0. The van der Waals surface area contributed by atoms with Gasteiger partial charge in [0.1, 0.15) is 6.54 Å². The van der Waals surface area contributed by atoms with Gasteiger partial charge in [-0.2, -0.15) is 0 Å². The van der Waals surface area contributed by atoms with E-state index in [2.05, 4.69) is 6.92 Å². The number of carbonyl (C=O) groups excluding carboxylic acids is 2. The van der Waals surface area contributed by atoms with E-state index >= 15 is 0 Å². The quantitative estimate of drug-likeness (QED) is 0.108. The molecule has 4 nitrogen and oxygen atoms in total. The standard InChI is InChI=1S/C23H45ClNO3/c1-5-6-7-8-9-10-11-12-13-14-15-16-17-18-23(27)28-21(19-22(24)26)20-25(2,3)4/h21H,5-20H2,1-4H3/q+1/t21-/m0/s1. The van der Waals surface area contributed by atoms with Gasteiger partial charge in [-0.05, 0) is 18.0 Å². The third-order valence-corrected chi connectivity index (χ3v) is 5.08. The first-order valence-electron chi connectivity index (χ1n) is 11.4. The van der Waals surface area contributed by atoms with Crippen LogP contribution in [0.1, 0.15) is 103 Å². The van der Waals surface area contributed by atoms with Gasteiger partial charge >= 0.3 is 5.97 Å². The minimum absolute atomic E-state index is 0.0847. The molecule has 166 valence electrons. The SMILES string of the molecule is CCCCCCCCCCCCCCCC(=O)O[C@@H](CC(=O)Cl)C[N+](C)(C)C. The summed E-state index contributed by atoms with van der Waals surface area (Å²) in [5, 5.41) is -0.452. The summed E-state index contributed by atoms with van der Waals surface area (Å²) in [4.78, 5) is 23.2. The van der Waals surface area contributed by atoms with Crippen molar-refractivity contribution in [1.82, 2.24) is 0 Å². The molecule has 0 spiro atoms. The normalized spacial score (nSPS) is 12.8. The van der Waals surface area contributed by atoms with E-state index in [-0.39, 0.29) is 12.4 Å². The van der Waals surface area contributed by atoms with E-state index < -0.39 is 11.3 Å². The van der Waals surface area contributed by atoms with E-state index in [9.17, 15) is 9.59 Å². The topological polar surface area (TPSA) is 43.4 Å². The van der Waals surface area contributed by atoms with Crippen LogP contribution < -0.4 is 0 Å². The van der Waals surface area contributed by atoms with Crippen LogP contribution in [0, 0.1) is 0 Å². The molecule has 0 aromatic heterocycles. The Kier molecular flexibility index (Phi) is 16.9. The van der Waals surface area contributed by atoms with Crippen LogP contribution in [0.4, 0.5) is 0 Å². The van der Waals surface area contributed by atoms with Crippen molar-refractivity contribution < 1.29 is 18.8 Å². The number of ether oxygens (including phenoxy) is 1. The van der Waals surface area contributed by atoms with Crippen LogP contribution in [0.5, 0.6) is 0 Å². The number of hydrogen-bond acceptors (Lipinski definition) is 3. The Bertz CT molecular complexity index is 407. The summed E-state index contributed by atoms with van der Waals surface area (Å²) in [6.07, 6.45) is 16.8. The molecular formula is C23H45ClNO3+. The van der Waals surface area contributed by atoms with E-state index in [1.54, 1.807) is 0 Å². The zero-order chi connectivity index (χ0) is 21.3. The predicted molar refractivity (Wildman–Crippen MR) is 119 cm³/mol. The molecule has 0 aromatic carbocycles. The van der Waals surface area contributed by atoms with E-state index in [1.165, 1.54) is 70.6 Å². The second-order valence-corrected chi connectivity index (χ2v) is 9.56. The first-order chi connectivity index (χ1) is 13.2. The maximum atomic E-state index is 12.0. The predicted octanol–water partition coefficient (Wildman–Crippen LogP) is 6.24. The molecule has 0 aliphatic rings. The van der Waals surface area contributed by atoms with Gasteiger partial charge in [0.25, 0.3) is 0 Å². The fourth-order valence-corrected chi connectivity index (χ4v) is 3.64. The number of esters is 1.